The third-order valence-electron chi connectivity index (χ3n) is 4.70. The fraction of sp³-hybridized carbons (Fsp3) is 0.462. The van der Waals surface area contributed by atoms with Gasteiger partial charge in [0, 0.05) is 6.20 Å². The number of ether oxygens (including phenoxy) is 1. The first-order chi connectivity index (χ1) is 14.4. The summed E-state index contributed by atoms with van der Waals surface area (Å²) in [6.45, 7) is 11.1. The van der Waals surface area contributed by atoms with Crippen molar-refractivity contribution >= 4 is 11.9 Å². The van der Waals surface area contributed by atoms with Crippen molar-refractivity contribution in [2.45, 2.75) is 73.1 Å². The van der Waals surface area contributed by atoms with Gasteiger partial charge in [0.2, 0.25) is 0 Å². The minimum Gasteiger partial charge on any atom is -0.445 e. The van der Waals surface area contributed by atoms with E-state index < -0.39 is 6.09 Å². The van der Waals surface area contributed by atoms with Gasteiger partial charge in [-0.15, -0.1) is 0 Å². The molecule has 4 heteroatoms. The first-order valence-electron chi connectivity index (χ1n) is 10.8. The molecule has 4 nitrogen and oxygen atoms in total. The maximum Gasteiger partial charge on any atom is 0.413 e. The van der Waals surface area contributed by atoms with Crippen LogP contribution in [-0.4, -0.2) is 17.7 Å². The van der Waals surface area contributed by atoms with Crippen LogP contribution in [0, 0.1) is 0 Å². The Balaban J connectivity index is 2.21. The maximum atomic E-state index is 11.7. The Bertz CT molecular complexity index is 754. The first-order valence-corrected chi connectivity index (χ1v) is 10.8. The topological polar surface area (TPSA) is 51.2 Å². The van der Waals surface area contributed by atoms with Crippen molar-refractivity contribution in [3.63, 3.8) is 0 Å². The van der Waals surface area contributed by atoms with Crippen LogP contribution in [0.1, 0.15) is 73.1 Å². The van der Waals surface area contributed by atoms with Gasteiger partial charge >= 0.3 is 6.09 Å². The van der Waals surface area contributed by atoms with E-state index in [1.54, 1.807) is 18.3 Å². The standard InChI is InChI=1S/C26H38N2O2/c1-21(2)11-8-12-22(3)13-9-14-23(4)15-10-16-24(5)18-20-30-26(29)28-25-17-6-7-19-27-25/h6-7,11,13,15,17-19H,8-10,12,14,16,20H2,1-5H3,(H,27,28,29)/b22-13+,23-15+,24-18+. The molecule has 1 amide bonds. The molecule has 164 valence electrons. The number of hydrogen-bond acceptors (Lipinski definition) is 3. The van der Waals surface area contributed by atoms with Crippen LogP contribution in [0.15, 0.2) is 71.0 Å². The van der Waals surface area contributed by atoms with E-state index >= 15 is 0 Å². The van der Waals surface area contributed by atoms with E-state index in [0.717, 1.165) is 38.5 Å². The molecule has 0 aliphatic heterocycles. The molecule has 30 heavy (non-hydrogen) atoms. The van der Waals surface area contributed by atoms with Gasteiger partial charge in [-0.2, -0.15) is 0 Å². The van der Waals surface area contributed by atoms with E-state index in [2.05, 4.69) is 63.1 Å². The van der Waals surface area contributed by atoms with Gasteiger partial charge in [0.1, 0.15) is 12.4 Å². The van der Waals surface area contributed by atoms with Gasteiger partial charge in [-0.25, -0.2) is 9.78 Å². The Kier molecular flexibility index (Phi) is 12.9. The fourth-order valence-corrected chi connectivity index (χ4v) is 2.82. The Hall–Kier alpha value is -2.62. The molecule has 1 rings (SSSR count). The van der Waals surface area contributed by atoms with Crippen LogP contribution in [0.3, 0.4) is 0 Å². The number of pyridine rings is 1. The number of nitrogens with zero attached hydrogens (tertiary/aromatic N) is 1. The summed E-state index contributed by atoms with van der Waals surface area (Å²) < 4.78 is 5.17. The van der Waals surface area contributed by atoms with Crippen molar-refractivity contribution in [1.29, 1.82) is 0 Å². The zero-order valence-corrected chi connectivity index (χ0v) is 19.3. The summed E-state index contributed by atoms with van der Waals surface area (Å²) in [5.74, 6) is 0.488. The SMILES string of the molecule is CC(C)=CCC/C(C)=C/CC/C(C)=C/CC/C(C)=C/COC(=O)Nc1ccccn1. The molecule has 0 fully saturated rings. The number of anilines is 1. The predicted molar refractivity (Wildman–Crippen MR) is 128 cm³/mol. The second kappa shape index (κ2) is 15.3. The molecule has 0 aromatic carbocycles. The minimum atomic E-state index is -0.488. The average molecular weight is 411 g/mol. The van der Waals surface area contributed by atoms with Gasteiger partial charge in [0.05, 0.1) is 0 Å². The lowest BCUT2D eigenvalue weighted by molar-refractivity contribution is 0.174. The fourth-order valence-electron chi connectivity index (χ4n) is 2.82. The molecule has 1 aromatic rings. The number of hydrogen-bond donors (Lipinski definition) is 1. The van der Waals surface area contributed by atoms with Gasteiger partial charge in [-0.3, -0.25) is 5.32 Å². The van der Waals surface area contributed by atoms with Crippen LogP contribution < -0.4 is 5.32 Å². The molecule has 0 atom stereocenters. The zero-order valence-electron chi connectivity index (χ0n) is 19.3. The van der Waals surface area contributed by atoms with E-state index in [1.165, 1.54) is 22.3 Å². The molecule has 0 bridgehead atoms. The van der Waals surface area contributed by atoms with E-state index in [-0.39, 0.29) is 6.61 Å². The van der Waals surface area contributed by atoms with Crippen LogP contribution in [0.2, 0.25) is 0 Å². The second-order valence-corrected chi connectivity index (χ2v) is 7.99. The largest absolute Gasteiger partial charge is 0.445 e. The lowest BCUT2D eigenvalue weighted by atomic mass is 10.0. The molecule has 0 aliphatic carbocycles. The van der Waals surface area contributed by atoms with Gasteiger partial charge in [-0.1, -0.05) is 46.6 Å². The number of amides is 1. The monoisotopic (exact) mass is 410 g/mol. The smallest absolute Gasteiger partial charge is 0.413 e. The number of carbonyl (C=O) groups is 1. The van der Waals surface area contributed by atoms with Crippen LogP contribution in [0.25, 0.3) is 0 Å². The summed E-state index contributed by atoms with van der Waals surface area (Å²) in [7, 11) is 0. The summed E-state index contributed by atoms with van der Waals surface area (Å²) in [6, 6.07) is 5.33. The Morgan fingerprint density at radius 3 is 1.97 bits per heavy atom. The summed E-state index contributed by atoms with van der Waals surface area (Å²) in [6.07, 6.45) is 16.6. The molecule has 1 heterocycles. The normalized spacial score (nSPS) is 12.5. The molecule has 0 saturated carbocycles. The number of nitrogens with one attached hydrogen (secondary N) is 1. The van der Waals surface area contributed by atoms with Crippen molar-refractivity contribution in [2.24, 2.45) is 0 Å². The van der Waals surface area contributed by atoms with Crippen molar-refractivity contribution in [3.8, 4) is 0 Å². The number of carbonyl (C=O) groups excluding carboxylic acids is 1. The minimum absolute atomic E-state index is 0.268. The van der Waals surface area contributed by atoms with Gasteiger partial charge < -0.3 is 4.74 Å². The van der Waals surface area contributed by atoms with Crippen LogP contribution in [0.5, 0.6) is 0 Å². The Morgan fingerprint density at radius 1 is 0.867 bits per heavy atom. The van der Waals surface area contributed by atoms with Crippen molar-refractivity contribution in [3.05, 3.63) is 71.0 Å². The molecular formula is C26H38N2O2. The van der Waals surface area contributed by atoms with E-state index in [4.69, 9.17) is 4.74 Å². The lowest BCUT2D eigenvalue weighted by Gasteiger charge is -2.05. The second-order valence-electron chi connectivity index (χ2n) is 7.99. The molecule has 0 spiro atoms. The van der Waals surface area contributed by atoms with Crippen molar-refractivity contribution in [2.75, 3.05) is 11.9 Å². The highest BCUT2D eigenvalue weighted by Gasteiger charge is 2.02. The average Bonchev–Trinajstić information content (AvgIpc) is 2.68. The molecule has 0 aliphatic rings. The summed E-state index contributed by atoms with van der Waals surface area (Å²) in [4.78, 5) is 15.7. The van der Waals surface area contributed by atoms with Crippen molar-refractivity contribution < 1.29 is 9.53 Å². The van der Waals surface area contributed by atoms with Crippen LogP contribution in [-0.2, 0) is 4.74 Å². The molecule has 0 saturated heterocycles. The molecular weight excluding hydrogens is 372 g/mol. The van der Waals surface area contributed by atoms with Crippen molar-refractivity contribution in [1.82, 2.24) is 4.98 Å². The summed E-state index contributed by atoms with van der Waals surface area (Å²) in [5, 5.41) is 2.60. The molecule has 0 radical (unpaired) electrons. The molecule has 1 aromatic heterocycles. The molecule has 0 unspecified atom stereocenters. The van der Waals surface area contributed by atoms with Gasteiger partial charge in [0.15, 0.2) is 0 Å². The predicted octanol–water partition coefficient (Wildman–Crippen LogP) is 7.78. The Morgan fingerprint density at radius 2 is 1.43 bits per heavy atom. The maximum absolute atomic E-state index is 11.7. The zero-order chi connectivity index (χ0) is 22.2. The molecule has 1 N–H and O–H groups in total. The Labute approximate surface area is 182 Å². The van der Waals surface area contributed by atoms with Gasteiger partial charge in [0.25, 0.3) is 0 Å². The first kappa shape index (κ1) is 25.4. The highest BCUT2D eigenvalue weighted by atomic mass is 16.5. The third kappa shape index (κ3) is 13.5. The van der Waals surface area contributed by atoms with Gasteiger partial charge in [-0.05, 0) is 91.4 Å². The van der Waals surface area contributed by atoms with Crippen LogP contribution in [0.4, 0.5) is 10.6 Å². The quantitative estimate of drug-likeness (QED) is 0.358. The van der Waals surface area contributed by atoms with E-state index in [1.807, 2.05) is 12.1 Å². The third-order valence-corrected chi connectivity index (χ3v) is 4.70. The number of rotatable bonds is 12. The van der Waals surface area contributed by atoms with E-state index in [9.17, 15) is 4.79 Å². The van der Waals surface area contributed by atoms with Crippen LogP contribution >= 0.6 is 0 Å². The summed E-state index contributed by atoms with van der Waals surface area (Å²) >= 11 is 0. The highest BCUT2D eigenvalue weighted by Crippen LogP contribution is 2.13. The number of allylic oxidation sites excluding steroid dienone is 7. The highest BCUT2D eigenvalue weighted by molar-refractivity contribution is 5.83. The van der Waals surface area contributed by atoms with E-state index in [0.29, 0.717) is 5.82 Å². The lowest BCUT2D eigenvalue weighted by Crippen LogP contribution is -2.14. The summed E-state index contributed by atoms with van der Waals surface area (Å²) in [5.41, 5.74) is 5.53. The number of aromatic nitrogens is 1.